The van der Waals surface area contributed by atoms with Gasteiger partial charge in [0.1, 0.15) is 17.8 Å². The molecule has 0 saturated carbocycles. The van der Waals surface area contributed by atoms with Gasteiger partial charge in [-0.3, -0.25) is 0 Å². The molecule has 0 fully saturated rings. The third kappa shape index (κ3) is 3.08. The van der Waals surface area contributed by atoms with E-state index in [0.717, 1.165) is 4.47 Å². The van der Waals surface area contributed by atoms with Gasteiger partial charge in [0.25, 0.3) is 5.88 Å². The van der Waals surface area contributed by atoms with E-state index in [4.69, 9.17) is 25.8 Å². The highest BCUT2D eigenvalue weighted by Gasteiger charge is 2.14. The van der Waals surface area contributed by atoms with Crippen molar-refractivity contribution in [3.63, 3.8) is 0 Å². The molecule has 0 aliphatic heterocycles. The topological polar surface area (TPSA) is 53.5 Å². The summed E-state index contributed by atoms with van der Waals surface area (Å²) in [5.74, 6) is 1.81. The molecule has 0 aliphatic rings. The molecule has 0 amide bonds. The maximum atomic E-state index is 5.90. The summed E-state index contributed by atoms with van der Waals surface area (Å²) >= 11 is 9.28. The van der Waals surface area contributed by atoms with Crippen LogP contribution in [0.3, 0.4) is 0 Å². The molecular formula is C12H10BrClN2O3. The Morgan fingerprint density at radius 2 is 1.95 bits per heavy atom. The fourth-order valence-corrected chi connectivity index (χ4v) is 2.02. The quantitative estimate of drug-likeness (QED) is 0.791. The largest absolute Gasteiger partial charge is 0.497 e. The zero-order chi connectivity index (χ0) is 13.8. The number of hydrogen-bond acceptors (Lipinski definition) is 5. The Hall–Kier alpha value is -1.53. The van der Waals surface area contributed by atoms with Crippen molar-refractivity contribution in [1.82, 2.24) is 9.97 Å². The zero-order valence-electron chi connectivity index (χ0n) is 10.2. The van der Waals surface area contributed by atoms with Crippen LogP contribution in [0.5, 0.6) is 23.1 Å². The number of rotatable bonds is 4. The number of aromatic nitrogens is 2. The number of hydrogen-bond donors (Lipinski definition) is 0. The standard InChI is InChI=1S/C12H10BrClN2O3/c1-17-7-3-4-9(8(13)5-7)19-12-10(18-2)11(14)15-6-16-12/h3-6H,1-2H3. The monoisotopic (exact) mass is 344 g/mol. The molecule has 2 rings (SSSR count). The first kappa shape index (κ1) is 13.9. The first-order chi connectivity index (χ1) is 9.15. The molecular weight excluding hydrogens is 336 g/mol. The van der Waals surface area contributed by atoms with Gasteiger partial charge in [0.15, 0.2) is 5.15 Å². The van der Waals surface area contributed by atoms with E-state index in [9.17, 15) is 0 Å². The summed E-state index contributed by atoms with van der Waals surface area (Å²) in [4.78, 5) is 7.81. The van der Waals surface area contributed by atoms with Crippen LogP contribution in [-0.2, 0) is 0 Å². The minimum Gasteiger partial charge on any atom is -0.497 e. The van der Waals surface area contributed by atoms with E-state index < -0.39 is 0 Å². The van der Waals surface area contributed by atoms with Gasteiger partial charge in [-0.15, -0.1) is 0 Å². The van der Waals surface area contributed by atoms with E-state index in [0.29, 0.717) is 11.5 Å². The molecule has 0 spiro atoms. The van der Waals surface area contributed by atoms with E-state index in [-0.39, 0.29) is 16.8 Å². The van der Waals surface area contributed by atoms with Crippen LogP contribution in [-0.4, -0.2) is 24.2 Å². The van der Waals surface area contributed by atoms with Crippen molar-refractivity contribution in [2.45, 2.75) is 0 Å². The van der Waals surface area contributed by atoms with Gasteiger partial charge in [0, 0.05) is 0 Å². The second kappa shape index (κ2) is 6.08. The van der Waals surface area contributed by atoms with E-state index in [1.54, 1.807) is 25.3 Å². The van der Waals surface area contributed by atoms with Crippen molar-refractivity contribution in [2.75, 3.05) is 14.2 Å². The molecule has 100 valence electrons. The Kier molecular flexibility index (Phi) is 4.44. The highest BCUT2D eigenvalue weighted by molar-refractivity contribution is 9.10. The third-order valence-electron chi connectivity index (χ3n) is 2.28. The van der Waals surface area contributed by atoms with E-state index in [1.165, 1.54) is 13.4 Å². The Balaban J connectivity index is 2.34. The van der Waals surface area contributed by atoms with E-state index in [2.05, 4.69) is 25.9 Å². The molecule has 0 unspecified atom stereocenters. The summed E-state index contributed by atoms with van der Waals surface area (Å²) in [6, 6.07) is 5.30. The molecule has 1 aromatic heterocycles. The lowest BCUT2D eigenvalue weighted by molar-refractivity contribution is 0.365. The Morgan fingerprint density at radius 1 is 1.16 bits per heavy atom. The summed E-state index contributed by atoms with van der Waals surface area (Å²) in [5, 5.41) is 0.192. The van der Waals surface area contributed by atoms with Crippen LogP contribution in [0.2, 0.25) is 5.15 Å². The molecule has 0 atom stereocenters. The van der Waals surface area contributed by atoms with Gasteiger partial charge in [-0.1, -0.05) is 11.6 Å². The highest BCUT2D eigenvalue weighted by atomic mass is 79.9. The van der Waals surface area contributed by atoms with Gasteiger partial charge in [0.2, 0.25) is 5.75 Å². The van der Waals surface area contributed by atoms with Crippen LogP contribution < -0.4 is 14.2 Å². The molecule has 5 nitrogen and oxygen atoms in total. The first-order valence-corrected chi connectivity index (χ1v) is 6.38. The molecule has 0 saturated heterocycles. The maximum Gasteiger partial charge on any atom is 0.267 e. The molecule has 1 heterocycles. The van der Waals surface area contributed by atoms with Gasteiger partial charge < -0.3 is 14.2 Å². The van der Waals surface area contributed by atoms with E-state index in [1.807, 2.05) is 0 Å². The van der Waals surface area contributed by atoms with E-state index >= 15 is 0 Å². The second-order valence-corrected chi connectivity index (χ2v) is 4.61. The summed E-state index contributed by atoms with van der Waals surface area (Å²) in [6.07, 6.45) is 1.30. The smallest absolute Gasteiger partial charge is 0.267 e. The van der Waals surface area contributed by atoms with Crippen molar-refractivity contribution >= 4 is 27.5 Å². The summed E-state index contributed by atoms with van der Waals surface area (Å²) in [7, 11) is 3.07. The number of halogens is 2. The van der Waals surface area contributed by atoms with Crippen LogP contribution in [0.15, 0.2) is 29.0 Å². The predicted octanol–water partition coefficient (Wildman–Crippen LogP) is 3.70. The predicted molar refractivity (Wildman–Crippen MR) is 74.4 cm³/mol. The average Bonchev–Trinajstić information content (AvgIpc) is 2.41. The normalized spacial score (nSPS) is 10.1. The Labute approximate surface area is 123 Å². The third-order valence-corrected chi connectivity index (χ3v) is 3.17. The minimum absolute atomic E-state index is 0.192. The van der Waals surface area contributed by atoms with Crippen molar-refractivity contribution < 1.29 is 14.2 Å². The van der Waals surface area contributed by atoms with Crippen LogP contribution >= 0.6 is 27.5 Å². The molecule has 19 heavy (non-hydrogen) atoms. The number of nitrogens with zero attached hydrogens (tertiary/aromatic N) is 2. The van der Waals surface area contributed by atoms with Crippen molar-refractivity contribution in [3.05, 3.63) is 34.2 Å². The van der Waals surface area contributed by atoms with Crippen LogP contribution in [0.25, 0.3) is 0 Å². The Bertz CT molecular complexity index is 595. The van der Waals surface area contributed by atoms with Crippen molar-refractivity contribution in [1.29, 1.82) is 0 Å². The van der Waals surface area contributed by atoms with Crippen LogP contribution in [0.4, 0.5) is 0 Å². The van der Waals surface area contributed by atoms with Gasteiger partial charge >= 0.3 is 0 Å². The molecule has 2 aromatic rings. The van der Waals surface area contributed by atoms with Crippen molar-refractivity contribution in [2.24, 2.45) is 0 Å². The summed E-state index contributed by atoms with van der Waals surface area (Å²) in [6.45, 7) is 0. The van der Waals surface area contributed by atoms with Crippen LogP contribution in [0.1, 0.15) is 0 Å². The average molecular weight is 346 g/mol. The van der Waals surface area contributed by atoms with Gasteiger partial charge in [0.05, 0.1) is 18.7 Å². The van der Waals surface area contributed by atoms with Gasteiger partial charge in [-0.05, 0) is 34.1 Å². The molecule has 1 aromatic carbocycles. The van der Waals surface area contributed by atoms with Crippen molar-refractivity contribution in [3.8, 4) is 23.1 Å². The summed E-state index contributed by atoms with van der Waals surface area (Å²) < 4.78 is 16.6. The van der Waals surface area contributed by atoms with Crippen LogP contribution in [0, 0.1) is 0 Å². The molecule has 7 heteroatoms. The lowest BCUT2D eigenvalue weighted by Crippen LogP contribution is -1.96. The number of ether oxygens (including phenoxy) is 3. The second-order valence-electron chi connectivity index (χ2n) is 3.40. The molecule has 0 N–H and O–H groups in total. The maximum absolute atomic E-state index is 5.90. The lowest BCUT2D eigenvalue weighted by atomic mass is 10.3. The molecule has 0 bridgehead atoms. The molecule has 0 aliphatic carbocycles. The fourth-order valence-electron chi connectivity index (χ4n) is 1.38. The number of benzene rings is 1. The van der Waals surface area contributed by atoms with Gasteiger partial charge in [-0.25, -0.2) is 4.98 Å². The fraction of sp³-hybridized carbons (Fsp3) is 0.167. The zero-order valence-corrected chi connectivity index (χ0v) is 12.5. The lowest BCUT2D eigenvalue weighted by Gasteiger charge is -2.11. The Morgan fingerprint density at radius 3 is 2.58 bits per heavy atom. The SMILES string of the molecule is COc1ccc(Oc2ncnc(Cl)c2OC)c(Br)c1. The molecule has 0 radical (unpaired) electrons. The van der Waals surface area contributed by atoms with Gasteiger partial charge in [-0.2, -0.15) is 4.98 Å². The first-order valence-electron chi connectivity index (χ1n) is 5.21. The highest BCUT2D eigenvalue weighted by Crippen LogP contribution is 2.37. The minimum atomic E-state index is 0.192. The number of methoxy groups -OCH3 is 2. The summed E-state index contributed by atoms with van der Waals surface area (Å²) in [5.41, 5.74) is 0.